The fourth-order valence-electron chi connectivity index (χ4n) is 2.96. The summed E-state index contributed by atoms with van der Waals surface area (Å²) in [5.74, 6) is 0.914. The van der Waals surface area contributed by atoms with Crippen molar-refractivity contribution in [2.45, 2.75) is 12.1 Å². The van der Waals surface area contributed by atoms with E-state index >= 15 is 0 Å². The van der Waals surface area contributed by atoms with Crippen LogP contribution < -0.4 is 4.74 Å². The molecule has 20 heavy (non-hydrogen) atoms. The van der Waals surface area contributed by atoms with Gasteiger partial charge in [-0.25, -0.2) is 0 Å². The molecule has 0 spiro atoms. The van der Waals surface area contributed by atoms with Crippen LogP contribution in [0.25, 0.3) is 0 Å². The monoisotopic (exact) mass is 340 g/mol. The Kier molecular flexibility index (Phi) is 4.61. The summed E-state index contributed by atoms with van der Waals surface area (Å²) in [5.41, 5.74) is 0. The van der Waals surface area contributed by atoms with Crippen LogP contribution in [0.15, 0.2) is 28.7 Å². The molecule has 2 aliphatic rings. The lowest BCUT2D eigenvalue weighted by molar-refractivity contribution is -0.0370. The number of benzene rings is 1. The number of halogens is 1. The van der Waals surface area contributed by atoms with E-state index in [1.807, 2.05) is 24.3 Å². The second-order valence-corrected chi connectivity index (χ2v) is 6.35. The highest BCUT2D eigenvalue weighted by atomic mass is 79.9. The average Bonchev–Trinajstić information content (AvgIpc) is 2.85. The Morgan fingerprint density at radius 1 is 1.35 bits per heavy atom. The van der Waals surface area contributed by atoms with E-state index < -0.39 is 0 Å². The molecule has 2 fully saturated rings. The van der Waals surface area contributed by atoms with Crippen molar-refractivity contribution in [1.82, 2.24) is 9.80 Å². The van der Waals surface area contributed by atoms with Crippen LogP contribution in [0.5, 0.6) is 5.75 Å². The molecule has 2 aliphatic heterocycles. The van der Waals surface area contributed by atoms with Gasteiger partial charge in [0.05, 0.1) is 17.2 Å². The van der Waals surface area contributed by atoms with Gasteiger partial charge < -0.3 is 9.47 Å². The summed E-state index contributed by atoms with van der Waals surface area (Å²) in [6, 6.07) is 8.53. The lowest BCUT2D eigenvalue weighted by Crippen LogP contribution is -2.48. The van der Waals surface area contributed by atoms with Gasteiger partial charge in [-0.3, -0.25) is 9.80 Å². The second-order valence-electron chi connectivity index (χ2n) is 5.50. The van der Waals surface area contributed by atoms with Crippen LogP contribution in [0.3, 0.4) is 0 Å². The molecule has 2 heterocycles. The molecule has 3 rings (SSSR count). The van der Waals surface area contributed by atoms with E-state index in [-0.39, 0.29) is 0 Å². The molecule has 0 bridgehead atoms. The highest BCUT2D eigenvalue weighted by Crippen LogP contribution is 2.24. The minimum absolute atomic E-state index is 0.372. The van der Waals surface area contributed by atoms with Gasteiger partial charge in [0.2, 0.25) is 0 Å². The zero-order valence-corrected chi connectivity index (χ0v) is 13.4. The van der Waals surface area contributed by atoms with Gasteiger partial charge in [-0.1, -0.05) is 12.1 Å². The molecule has 0 saturated carbocycles. The maximum absolute atomic E-state index is 5.85. The quantitative estimate of drug-likeness (QED) is 0.835. The molecule has 5 heteroatoms. The summed E-state index contributed by atoms with van der Waals surface area (Å²) in [6.45, 7) is 5.67. The summed E-state index contributed by atoms with van der Waals surface area (Å²) in [4.78, 5) is 4.86. The lowest BCUT2D eigenvalue weighted by atomic mass is 10.1. The number of morpholine rings is 1. The molecule has 0 amide bonds. The number of ether oxygens (including phenoxy) is 2. The van der Waals surface area contributed by atoms with Crippen molar-refractivity contribution in [3.05, 3.63) is 28.7 Å². The van der Waals surface area contributed by atoms with E-state index in [9.17, 15) is 0 Å². The van der Waals surface area contributed by atoms with Gasteiger partial charge >= 0.3 is 0 Å². The van der Waals surface area contributed by atoms with Gasteiger partial charge in [0.25, 0.3) is 0 Å². The van der Waals surface area contributed by atoms with Gasteiger partial charge in [0, 0.05) is 32.2 Å². The molecule has 1 aromatic carbocycles. The summed E-state index contributed by atoms with van der Waals surface area (Å²) in [6.07, 6.45) is 0.372. The minimum atomic E-state index is 0.372. The van der Waals surface area contributed by atoms with Gasteiger partial charge in [-0.05, 0) is 35.1 Å². The third-order valence-corrected chi connectivity index (χ3v) is 4.81. The maximum atomic E-state index is 5.85. The lowest BCUT2D eigenvalue weighted by Gasteiger charge is -2.33. The highest BCUT2D eigenvalue weighted by Gasteiger charge is 2.38. The number of rotatable bonds is 4. The minimum Gasteiger partial charge on any atom is -0.491 e. The van der Waals surface area contributed by atoms with Crippen molar-refractivity contribution < 1.29 is 9.47 Å². The fraction of sp³-hybridized carbons (Fsp3) is 0.600. The predicted octanol–water partition coefficient (Wildman–Crippen LogP) is 1.84. The molecule has 2 saturated heterocycles. The van der Waals surface area contributed by atoms with Crippen molar-refractivity contribution >= 4 is 15.9 Å². The number of likely N-dealkylation sites (N-methyl/N-ethyl adjacent to an activating group) is 1. The van der Waals surface area contributed by atoms with Crippen molar-refractivity contribution in [2.75, 3.05) is 46.4 Å². The molecule has 0 aliphatic carbocycles. The first-order valence-electron chi connectivity index (χ1n) is 7.15. The summed E-state index contributed by atoms with van der Waals surface area (Å²) < 4.78 is 12.7. The Balaban J connectivity index is 1.47. The Morgan fingerprint density at radius 3 is 3.00 bits per heavy atom. The van der Waals surface area contributed by atoms with E-state index in [0.717, 1.165) is 43.0 Å². The number of hydrogen-bond donors (Lipinski definition) is 0. The van der Waals surface area contributed by atoms with E-state index in [1.165, 1.54) is 0 Å². The third kappa shape index (κ3) is 3.17. The van der Waals surface area contributed by atoms with Crippen molar-refractivity contribution in [1.29, 1.82) is 0 Å². The fourth-order valence-corrected chi connectivity index (χ4v) is 3.36. The molecule has 0 unspecified atom stereocenters. The molecule has 0 N–H and O–H groups in total. The summed E-state index contributed by atoms with van der Waals surface area (Å²) in [5, 5.41) is 0. The van der Waals surface area contributed by atoms with Gasteiger partial charge in [-0.15, -0.1) is 0 Å². The van der Waals surface area contributed by atoms with Crippen LogP contribution in [0.1, 0.15) is 0 Å². The first-order chi connectivity index (χ1) is 9.74. The SMILES string of the molecule is CN1CCO[C@@H]2CN(CCOc3ccccc3Br)C[C@@H]21. The standard InChI is InChI=1S/C15H21BrN2O2/c1-17-6-8-20-15-11-18(10-13(15)17)7-9-19-14-5-3-2-4-12(14)16/h2-5,13,15H,6-11H2,1H3/t13-,15+/m0/s1. The number of hydrogen-bond acceptors (Lipinski definition) is 4. The molecule has 0 aromatic heterocycles. The van der Waals surface area contributed by atoms with E-state index in [1.54, 1.807) is 0 Å². The van der Waals surface area contributed by atoms with Crippen LogP contribution >= 0.6 is 15.9 Å². The third-order valence-electron chi connectivity index (χ3n) is 4.16. The molecule has 4 nitrogen and oxygen atoms in total. The maximum Gasteiger partial charge on any atom is 0.133 e. The van der Waals surface area contributed by atoms with E-state index in [4.69, 9.17) is 9.47 Å². The number of para-hydroxylation sites is 1. The van der Waals surface area contributed by atoms with Crippen molar-refractivity contribution in [3.63, 3.8) is 0 Å². The van der Waals surface area contributed by atoms with Crippen molar-refractivity contribution in [2.24, 2.45) is 0 Å². The zero-order chi connectivity index (χ0) is 13.9. The van der Waals surface area contributed by atoms with Crippen molar-refractivity contribution in [3.8, 4) is 5.75 Å². The van der Waals surface area contributed by atoms with E-state index in [2.05, 4.69) is 32.8 Å². The van der Waals surface area contributed by atoms with Gasteiger partial charge in [0.15, 0.2) is 0 Å². The number of fused-ring (bicyclic) bond motifs is 1. The molecule has 1 aromatic rings. The van der Waals surface area contributed by atoms with Gasteiger partial charge in [0.1, 0.15) is 12.4 Å². The molecule has 2 atom stereocenters. The van der Waals surface area contributed by atoms with Crippen LogP contribution in [0, 0.1) is 0 Å². The topological polar surface area (TPSA) is 24.9 Å². The van der Waals surface area contributed by atoms with Crippen LogP contribution in [-0.4, -0.2) is 68.4 Å². The molecule has 0 radical (unpaired) electrons. The van der Waals surface area contributed by atoms with Crippen LogP contribution in [0.2, 0.25) is 0 Å². The Hall–Kier alpha value is -0.620. The Morgan fingerprint density at radius 2 is 2.20 bits per heavy atom. The summed E-state index contributed by atoms with van der Waals surface area (Å²) in [7, 11) is 2.20. The molecule has 110 valence electrons. The second kappa shape index (κ2) is 6.43. The smallest absolute Gasteiger partial charge is 0.133 e. The molecular formula is C15H21BrN2O2. The number of likely N-dealkylation sites (tertiary alicyclic amines) is 1. The summed E-state index contributed by atoms with van der Waals surface area (Å²) >= 11 is 3.50. The highest BCUT2D eigenvalue weighted by molar-refractivity contribution is 9.10. The zero-order valence-electron chi connectivity index (χ0n) is 11.8. The first kappa shape index (κ1) is 14.3. The van der Waals surface area contributed by atoms with E-state index in [0.29, 0.717) is 18.8 Å². The van der Waals surface area contributed by atoms with Gasteiger partial charge in [-0.2, -0.15) is 0 Å². The normalized spacial score (nSPS) is 27.5. The largest absolute Gasteiger partial charge is 0.491 e. The average molecular weight is 341 g/mol. The first-order valence-corrected chi connectivity index (χ1v) is 7.95. The molecular weight excluding hydrogens is 320 g/mol. The predicted molar refractivity (Wildman–Crippen MR) is 82.2 cm³/mol. The van der Waals surface area contributed by atoms with Crippen LogP contribution in [-0.2, 0) is 4.74 Å². The number of nitrogens with zero attached hydrogens (tertiary/aromatic N) is 2. The van der Waals surface area contributed by atoms with Crippen LogP contribution in [0.4, 0.5) is 0 Å². The Bertz CT molecular complexity index is 457. The Labute approximate surface area is 128 Å².